The second-order valence-corrected chi connectivity index (χ2v) is 6.13. The van der Waals surface area contributed by atoms with Gasteiger partial charge in [-0.1, -0.05) is 6.92 Å². The first-order valence-corrected chi connectivity index (χ1v) is 8.16. The van der Waals surface area contributed by atoms with E-state index in [0.717, 1.165) is 17.5 Å². The van der Waals surface area contributed by atoms with Crippen LogP contribution in [0.4, 0.5) is 4.79 Å². The highest BCUT2D eigenvalue weighted by atomic mass is 32.1. The number of urea groups is 1. The fourth-order valence-electron chi connectivity index (χ4n) is 2.15. The van der Waals surface area contributed by atoms with Crippen molar-refractivity contribution in [1.29, 1.82) is 0 Å². The largest absolute Gasteiger partial charge is 0.384 e. The average Bonchev–Trinajstić information content (AvgIpc) is 3.07. The lowest BCUT2D eigenvalue weighted by atomic mass is 9.99. The maximum atomic E-state index is 12.1. The lowest BCUT2D eigenvalue weighted by Crippen LogP contribution is -2.44. The van der Waals surface area contributed by atoms with Crippen molar-refractivity contribution in [3.63, 3.8) is 0 Å². The Morgan fingerprint density at radius 3 is 2.73 bits per heavy atom. The molecule has 0 radical (unpaired) electrons. The van der Waals surface area contributed by atoms with Gasteiger partial charge in [-0.3, -0.25) is 4.98 Å². The molecule has 0 aliphatic heterocycles. The van der Waals surface area contributed by atoms with Gasteiger partial charge in [0.15, 0.2) is 0 Å². The molecule has 0 saturated carbocycles. The number of pyridine rings is 1. The quantitative estimate of drug-likeness (QED) is 0.766. The van der Waals surface area contributed by atoms with E-state index in [1.807, 2.05) is 35.9 Å². The van der Waals surface area contributed by atoms with E-state index in [4.69, 9.17) is 0 Å². The SMILES string of the molecule is CCC(NC(=O)NCC(C)(O)c1ccsc1)c1ccncc1. The third-order valence-electron chi connectivity index (χ3n) is 3.56. The lowest BCUT2D eigenvalue weighted by Gasteiger charge is -2.24. The first kappa shape index (κ1) is 16.5. The molecule has 2 aromatic heterocycles. The van der Waals surface area contributed by atoms with E-state index < -0.39 is 5.60 Å². The predicted molar refractivity (Wildman–Crippen MR) is 87.7 cm³/mol. The van der Waals surface area contributed by atoms with Crippen LogP contribution in [-0.4, -0.2) is 22.7 Å². The minimum atomic E-state index is -1.07. The Morgan fingerprint density at radius 1 is 1.41 bits per heavy atom. The second kappa shape index (κ2) is 7.38. The molecule has 3 N–H and O–H groups in total. The zero-order valence-electron chi connectivity index (χ0n) is 12.7. The van der Waals surface area contributed by atoms with E-state index in [2.05, 4.69) is 15.6 Å². The molecule has 5 nitrogen and oxygen atoms in total. The van der Waals surface area contributed by atoms with Gasteiger partial charge in [-0.05, 0) is 53.4 Å². The molecule has 0 fully saturated rings. The smallest absolute Gasteiger partial charge is 0.315 e. The topological polar surface area (TPSA) is 74.2 Å². The number of hydrogen-bond donors (Lipinski definition) is 3. The Bertz CT molecular complexity index is 585. The molecule has 2 heterocycles. The van der Waals surface area contributed by atoms with Crippen LogP contribution in [0.1, 0.15) is 37.4 Å². The number of aliphatic hydroxyl groups is 1. The van der Waals surface area contributed by atoms with Crippen molar-refractivity contribution in [1.82, 2.24) is 15.6 Å². The van der Waals surface area contributed by atoms with E-state index in [1.54, 1.807) is 19.3 Å². The highest BCUT2D eigenvalue weighted by molar-refractivity contribution is 7.08. The molecule has 0 bridgehead atoms. The van der Waals surface area contributed by atoms with Gasteiger partial charge in [0, 0.05) is 12.4 Å². The van der Waals surface area contributed by atoms with Gasteiger partial charge >= 0.3 is 6.03 Å². The Labute approximate surface area is 134 Å². The molecule has 2 aromatic rings. The number of thiophene rings is 1. The van der Waals surface area contributed by atoms with Crippen molar-refractivity contribution >= 4 is 17.4 Å². The summed E-state index contributed by atoms with van der Waals surface area (Å²) >= 11 is 1.52. The normalized spacial score (nSPS) is 14.9. The third-order valence-corrected chi connectivity index (χ3v) is 4.24. The summed E-state index contributed by atoms with van der Waals surface area (Å²) in [5, 5.41) is 19.8. The highest BCUT2D eigenvalue weighted by Crippen LogP contribution is 2.22. The summed E-state index contributed by atoms with van der Waals surface area (Å²) in [6.07, 6.45) is 4.19. The molecule has 6 heteroatoms. The highest BCUT2D eigenvalue weighted by Gasteiger charge is 2.24. The standard InChI is InChI=1S/C16H21N3O2S/c1-3-14(12-4-7-17-8-5-12)19-15(20)18-11-16(2,21)13-6-9-22-10-13/h4-10,14,21H,3,11H2,1-2H3,(H2,18,19,20). The van der Waals surface area contributed by atoms with Crippen LogP contribution in [0.5, 0.6) is 0 Å². The maximum absolute atomic E-state index is 12.1. The van der Waals surface area contributed by atoms with E-state index in [-0.39, 0.29) is 18.6 Å². The van der Waals surface area contributed by atoms with Crippen LogP contribution in [-0.2, 0) is 5.60 Å². The van der Waals surface area contributed by atoms with Crippen LogP contribution < -0.4 is 10.6 Å². The van der Waals surface area contributed by atoms with Crippen molar-refractivity contribution in [2.45, 2.75) is 31.9 Å². The van der Waals surface area contributed by atoms with Gasteiger partial charge in [-0.2, -0.15) is 11.3 Å². The molecular weight excluding hydrogens is 298 g/mol. The predicted octanol–water partition coefficient (Wildman–Crippen LogP) is 2.80. The van der Waals surface area contributed by atoms with Crippen LogP contribution in [0.3, 0.4) is 0 Å². The zero-order chi connectivity index (χ0) is 16.0. The van der Waals surface area contributed by atoms with Crippen LogP contribution >= 0.6 is 11.3 Å². The summed E-state index contributed by atoms with van der Waals surface area (Å²) in [6.45, 7) is 3.85. The number of hydrogen-bond acceptors (Lipinski definition) is 4. The van der Waals surface area contributed by atoms with E-state index in [1.165, 1.54) is 11.3 Å². The summed E-state index contributed by atoms with van der Waals surface area (Å²) < 4.78 is 0. The Morgan fingerprint density at radius 2 is 2.14 bits per heavy atom. The van der Waals surface area contributed by atoms with Crippen molar-refractivity contribution in [2.75, 3.05) is 6.54 Å². The molecule has 0 spiro atoms. The van der Waals surface area contributed by atoms with E-state index in [0.29, 0.717) is 0 Å². The Kier molecular flexibility index (Phi) is 5.51. The number of carbonyl (C=O) groups excluding carboxylic acids is 1. The molecule has 2 unspecified atom stereocenters. The van der Waals surface area contributed by atoms with E-state index in [9.17, 15) is 9.90 Å². The summed E-state index contributed by atoms with van der Waals surface area (Å²) in [5.41, 5.74) is 0.742. The minimum Gasteiger partial charge on any atom is -0.384 e. The van der Waals surface area contributed by atoms with Crippen LogP contribution in [0, 0.1) is 0 Å². The number of rotatable bonds is 6. The molecular formula is C16H21N3O2S. The summed E-state index contributed by atoms with van der Waals surface area (Å²) in [7, 11) is 0. The molecule has 0 aliphatic carbocycles. The first-order chi connectivity index (χ1) is 10.5. The fourth-order valence-corrected chi connectivity index (χ4v) is 2.93. The van der Waals surface area contributed by atoms with Crippen LogP contribution in [0.25, 0.3) is 0 Å². The molecule has 22 heavy (non-hydrogen) atoms. The molecule has 118 valence electrons. The van der Waals surface area contributed by atoms with Gasteiger partial charge in [0.2, 0.25) is 0 Å². The molecule has 2 amide bonds. The number of aromatic nitrogens is 1. The lowest BCUT2D eigenvalue weighted by molar-refractivity contribution is 0.0597. The zero-order valence-corrected chi connectivity index (χ0v) is 13.6. The molecule has 0 aromatic carbocycles. The molecule has 2 rings (SSSR count). The van der Waals surface area contributed by atoms with Gasteiger partial charge in [0.25, 0.3) is 0 Å². The Balaban J connectivity index is 1.90. The summed E-state index contributed by atoms with van der Waals surface area (Å²) in [6, 6.07) is 5.26. The van der Waals surface area contributed by atoms with Gasteiger partial charge < -0.3 is 15.7 Å². The van der Waals surface area contributed by atoms with Gasteiger partial charge in [0.1, 0.15) is 5.60 Å². The van der Waals surface area contributed by atoms with Crippen molar-refractivity contribution in [3.05, 3.63) is 52.5 Å². The average molecular weight is 319 g/mol. The molecule has 0 saturated heterocycles. The molecule has 0 aliphatic rings. The maximum Gasteiger partial charge on any atom is 0.315 e. The van der Waals surface area contributed by atoms with Crippen LogP contribution in [0.2, 0.25) is 0 Å². The molecule has 2 atom stereocenters. The summed E-state index contributed by atoms with van der Waals surface area (Å²) in [5.74, 6) is 0. The third kappa shape index (κ3) is 4.29. The van der Waals surface area contributed by atoms with Gasteiger partial charge in [-0.15, -0.1) is 0 Å². The van der Waals surface area contributed by atoms with Crippen LogP contribution in [0.15, 0.2) is 41.4 Å². The van der Waals surface area contributed by atoms with Crippen molar-refractivity contribution in [2.24, 2.45) is 0 Å². The first-order valence-electron chi connectivity index (χ1n) is 7.22. The van der Waals surface area contributed by atoms with Gasteiger partial charge in [-0.25, -0.2) is 4.79 Å². The number of nitrogens with one attached hydrogen (secondary N) is 2. The Hall–Kier alpha value is -1.92. The van der Waals surface area contributed by atoms with Crippen molar-refractivity contribution < 1.29 is 9.90 Å². The monoisotopic (exact) mass is 319 g/mol. The minimum absolute atomic E-state index is 0.0749. The summed E-state index contributed by atoms with van der Waals surface area (Å²) in [4.78, 5) is 16.0. The van der Waals surface area contributed by atoms with Gasteiger partial charge in [0.05, 0.1) is 12.6 Å². The second-order valence-electron chi connectivity index (χ2n) is 5.35. The van der Waals surface area contributed by atoms with E-state index >= 15 is 0 Å². The fraction of sp³-hybridized carbons (Fsp3) is 0.375. The number of nitrogens with zero attached hydrogens (tertiary/aromatic N) is 1. The number of amides is 2. The number of carbonyl (C=O) groups is 1. The van der Waals surface area contributed by atoms with Crippen molar-refractivity contribution in [3.8, 4) is 0 Å².